The van der Waals surface area contributed by atoms with E-state index in [-0.39, 0.29) is 0 Å². The van der Waals surface area contributed by atoms with Gasteiger partial charge < -0.3 is 8.97 Å². The van der Waals surface area contributed by atoms with Crippen LogP contribution in [0.2, 0.25) is 0 Å². The number of aromatic nitrogens is 4. The summed E-state index contributed by atoms with van der Waals surface area (Å²) in [7, 11) is 0. The summed E-state index contributed by atoms with van der Waals surface area (Å²) in [5.41, 5.74) is 4.31. The van der Waals surface area contributed by atoms with Gasteiger partial charge in [-0.25, -0.2) is 9.97 Å². The number of imidazole rings is 2. The van der Waals surface area contributed by atoms with E-state index in [1.807, 2.05) is 42.0 Å². The topological polar surface area (TPSA) is 35.1 Å². The first kappa shape index (κ1) is 10.1. The molecule has 0 aliphatic carbocycles. The summed E-state index contributed by atoms with van der Waals surface area (Å²) in [5.74, 6) is 0. The summed E-state index contributed by atoms with van der Waals surface area (Å²) < 4.78 is 4.16. The van der Waals surface area contributed by atoms with Crippen molar-refractivity contribution in [3.8, 4) is 0 Å². The molecule has 0 unspecified atom stereocenters. The second-order valence-electron chi connectivity index (χ2n) is 4.24. The first-order valence-electron chi connectivity index (χ1n) is 5.65. The molecule has 3 heterocycles. The van der Waals surface area contributed by atoms with E-state index in [4.69, 9.17) is 0 Å². The highest BCUT2D eigenvalue weighted by molar-refractivity contribution is 5.39. The second kappa shape index (κ2) is 3.73. The molecular formula is C13H14N4. The van der Waals surface area contributed by atoms with Crippen molar-refractivity contribution >= 4 is 5.65 Å². The highest BCUT2D eigenvalue weighted by Gasteiger charge is 2.05. The summed E-state index contributed by atoms with van der Waals surface area (Å²) in [6.07, 6.45) is 5.94. The van der Waals surface area contributed by atoms with Crippen LogP contribution in [0.4, 0.5) is 0 Å². The number of nitrogens with zero attached hydrogens (tertiary/aromatic N) is 4. The zero-order chi connectivity index (χ0) is 11.8. The van der Waals surface area contributed by atoms with Gasteiger partial charge in [-0.3, -0.25) is 0 Å². The quantitative estimate of drug-likeness (QED) is 0.671. The van der Waals surface area contributed by atoms with Crippen LogP contribution in [0.5, 0.6) is 0 Å². The Kier molecular flexibility index (Phi) is 2.21. The lowest BCUT2D eigenvalue weighted by Gasteiger charge is -2.01. The van der Waals surface area contributed by atoms with Gasteiger partial charge in [-0.15, -0.1) is 0 Å². The Balaban J connectivity index is 1.97. The molecule has 3 rings (SSSR count). The first-order chi connectivity index (χ1) is 8.24. The molecule has 0 bridgehead atoms. The smallest absolute Gasteiger partial charge is 0.137 e. The summed E-state index contributed by atoms with van der Waals surface area (Å²) in [6.45, 7) is 4.88. The maximum atomic E-state index is 4.57. The monoisotopic (exact) mass is 226 g/mol. The highest BCUT2D eigenvalue weighted by atomic mass is 15.1. The molecule has 0 aromatic carbocycles. The first-order valence-corrected chi connectivity index (χ1v) is 5.65. The lowest BCUT2D eigenvalue weighted by atomic mass is 10.3. The van der Waals surface area contributed by atoms with Gasteiger partial charge in [-0.2, -0.15) is 0 Å². The molecule has 0 N–H and O–H groups in total. The molecule has 0 saturated heterocycles. The van der Waals surface area contributed by atoms with E-state index in [0.717, 1.165) is 23.6 Å². The van der Waals surface area contributed by atoms with Crippen LogP contribution < -0.4 is 0 Å². The third-order valence-corrected chi connectivity index (χ3v) is 3.09. The minimum atomic E-state index is 0.772. The van der Waals surface area contributed by atoms with Crippen LogP contribution in [0.1, 0.15) is 17.1 Å². The molecule has 0 atom stereocenters. The average molecular weight is 226 g/mol. The van der Waals surface area contributed by atoms with E-state index in [1.165, 1.54) is 5.69 Å². The fraction of sp³-hybridized carbons (Fsp3) is 0.231. The largest absolute Gasteiger partial charge is 0.329 e. The van der Waals surface area contributed by atoms with E-state index in [2.05, 4.69) is 27.7 Å². The Hall–Kier alpha value is -2.10. The molecule has 86 valence electrons. The standard InChI is InChI=1S/C13H14N4/c1-10-11(2)17(9-14-10)8-12-7-16-6-4-3-5-13(16)15-12/h3-7,9H,8H2,1-2H3. The number of pyridine rings is 1. The van der Waals surface area contributed by atoms with Crippen LogP contribution in [0.25, 0.3) is 5.65 Å². The summed E-state index contributed by atoms with van der Waals surface area (Å²) >= 11 is 0. The van der Waals surface area contributed by atoms with Gasteiger partial charge >= 0.3 is 0 Å². The third-order valence-electron chi connectivity index (χ3n) is 3.09. The fourth-order valence-corrected chi connectivity index (χ4v) is 1.94. The molecule has 4 heteroatoms. The Morgan fingerprint density at radius 3 is 2.82 bits per heavy atom. The number of fused-ring (bicyclic) bond motifs is 1. The van der Waals surface area contributed by atoms with Crippen LogP contribution in [0.15, 0.2) is 36.9 Å². The highest BCUT2D eigenvalue weighted by Crippen LogP contribution is 2.09. The van der Waals surface area contributed by atoms with E-state index < -0.39 is 0 Å². The maximum Gasteiger partial charge on any atom is 0.137 e. The molecule has 0 radical (unpaired) electrons. The van der Waals surface area contributed by atoms with E-state index >= 15 is 0 Å². The minimum absolute atomic E-state index is 0.772. The molecule has 3 aromatic heterocycles. The van der Waals surface area contributed by atoms with Gasteiger partial charge in [0.25, 0.3) is 0 Å². The molecule has 0 spiro atoms. The number of hydrogen-bond acceptors (Lipinski definition) is 2. The van der Waals surface area contributed by atoms with E-state index in [0.29, 0.717) is 0 Å². The fourth-order valence-electron chi connectivity index (χ4n) is 1.94. The van der Waals surface area contributed by atoms with E-state index in [9.17, 15) is 0 Å². The normalized spacial score (nSPS) is 11.2. The lowest BCUT2D eigenvalue weighted by molar-refractivity contribution is 0.753. The van der Waals surface area contributed by atoms with Crippen molar-refractivity contribution < 1.29 is 0 Å². The molecule has 0 amide bonds. The second-order valence-corrected chi connectivity index (χ2v) is 4.24. The Morgan fingerprint density at radius 2 is 2.12 bits per heavy atom. The van der Waals surface area contributed by atoms with Crippen LogP contribution in [-0.2, 0) is 6.54 Å². The predicted molar refractivity (Wildman–Crippen MR) is 66.0 cm³/mol. The van der Waals surface area contributed by atoms with Crippen molar-refractivity contribution in [1.29, 1.82) is 0 Å². The van der Waals surface area contributed by atoms with Crippen LogP contribution in [0.3, 0.4) is 0 Å². The Bertz CT molecular complexity index is 630. The van der Waals surface area contributed by atoms with Crippen molar-refractivity contribution in [2.45, 2.75) is 20.4 Å². The van der Waals surface area contributed by atoms with Crippen LogP contribution in [0, 0.1) is 13.8 Å². The molecule has 17 heavy (non-hydrogen) atoms. The average Bonchev–Trinajstić information content (AvgIpc) is 2.87. The Morgan fingerprint density at radius 1 is 1.24 bits per heavy atom. The van der Waals surface area contributed by atoms with Gasteiger partial charge in [0.15, 0.2) is 0 Å². The summed E-state index contributed by atoms with van der Waals surface area (Å²) in [6, 6.07) is 6.01. The predicted octanol–water partition coefficient (Wildman–Crippen LogP) is 2.20. The summed E-state index contributed by atoms with van der Waals surface area (Å²) in [4.78, 5) is 8.87. The number of aryl methyl sites for hydroxylation is 1. The van der Waals surface area contributed by atoms with Gasteiger partial charge in [-0.1, -0.05) is 6.07 Å². The number of hydrogen-bond donors (Lipinski definition) is 0. The van der Waals surface area contributed by atoms with Gasteiger partial charge in [0, 0.05) is 18.1 Å². The van der Waals surface area contributed by atoms with Crippen molar-refractivity contribution in [2.24, 2.45) is 0 Å². The number of rotatable bonds is 2. The van der Waals surface area contributed by atoms with Gasteiger partial charge in [-0.05, 0) is 26.0 Å². The summed E-state index contributed by atoms with van der Waals surface area (Å²) in [5, 5.41) is 0. The van der Waals surface area contributed by atoms with E-state index in [1.54, 1.807) is 0 Å². The molecule has 0 aliphatic rings. The van der Waals surface area contributed by atoms with Crippen molar-refractivity contribution in [1.82, 2.24) is 18.9 Å². The third kappa shape index (κ3) is 1.71. The molecule has 0 saturated carbocycles. The van der Waals surface area contributed by atoms with Crippen molar-refractivity contribution in [3.05, 3.63) is 54.0 Å². The Labute approximate surface area is 99.6 Å². The van der Waals surface area contributed by atoms with Crippen LogP contribution in [-0.4, -0.2) is 18.9 Å². The zero-order valence-electron chi connectivity index (χ0n) is 9.96. The van der Waals surface area contributed by atoms with Crippen molar-refractivity contribution in [2.75, 3.05) is 0 Å². The van der Waals surface area contributed by atoms with Crippen LogP contribution >= 0.6 is 0 Å². The van der Waals surface area contributed by atoms with Gasteiger partial charge in [0.1, 0.15) is 5.65 Å². The van der Waals surface area contributed by atoms with Gasteiger partial charge in [0.2, 0.25) is 0 Å². The molecule has 3 aromatic rings. The molecule has 0 fully saturated rings. The maximum absolute atomic E-state index is 4.57. The zero-order valence-corrected chi connectivity index (χ0v) is 9.96. The minimum Gasteiger partial charge on any atom is -0.329 e. The van der Waals surface area contributed by atoms with Gasteiger partial charge in [0.05, 0.1) is 24.3 Å². The molecule has 4 nitrogen and oxygen atoms in total. The lowest BCUT2D eigenvalue weighted by Crippen LogP contribution is -2.00. The molecular weight excluding hydrogens is 212 g/mol. The molecule has 0 aliphatic heterocycles. The SMILES string of the molecule is Cc1ncn(Cc2cn3ccccc3n2)c1C. The van der Waals surface area contributed by atoms with Crippen molar-refractivity contribution in [3.63, 3.8) is 0 Å².